The van der Waals surface area contributed by atoms with Crippen LogP contribution in [0.4, 0.5) is 0 Å². The van der Waals surface area contributed by atoms with Crippen molar-refractivity contribution in [2.75, 3.05) is 0 Å². The SMILES string of the molecule is Cc1cccc(O/N=C/C(N)=O)c1Br. The van der Waals surface area contributed by atoms with Crippen LogP contribution in [0, 0.1) is 6.92 Å². The lowest BCUT2D eigenvalue weighted by Gasteiger charge is -2.02. The molecule has 0 aliphatic heterocycles. The van der Waals surface area contributed by atoms with Gasteiger partial charge < -0.3 is 10.6 Å². The fourth-order valence-corrected chi connectivity index (χ4v) is 1.16. The average molecular weight is 257 g/mol. The molecule has 5 heteroatoms. The summed E-state index contributed by atoms with van der Waals surface area (Å²) in [6.07, 6.45) is 0.911. The molecule has 1 rings (SSSR count). The summed E-state index contributed by atoms with van der Waals surface area (Å²) in [6.45, 7) is 1.93. The predicted molar refractivity (Wildman–Crippen MR) is 57.2 cm³/mol. The summed E-state index contributed by atoms with van der Waals surface area (Å²) in [5.74, 6) is -0.101. The first-order valence-electron chi connectivity index (χ1n) is 3.86. The topological polar surface area (TPSA) is 64.7 Å². The number of amides is 1. The van der Waals surface area contributed by atoms with Crippen molar-refractivity contribution in [3.05, 3.63) is 28.2 Å². The van der Waals surface area contributed by atoms with E-state index in [1.165, 1.54) is 0 Å². The second kappa shape index (κ2) is 4.76. The molecule has 14 heavy (non-hydrogen) atoms. The lowest BCUT2D eigenvalue weighted by Crippen LogP contribution is -2.12. The Bertz CT molecular complexity index is 377. The zero-order valence-corrected chi connectivity index (χ0v) is 9.11. The van der Waals surface area contributed by atoms with Crippen LogP contribution in [0.25, 0.3) is 0 Å². The number of hydrogen-bond donors (Lipinski definition) is 1. The number of carbonyl (C=O) groups is 1. The Kier molecular flexibility index (Phi) is 3.64. The van der Waals surface area contributed by atoms with Crippen molar-refractivity contribution in [2.24, 2.45) is 10.9 Å². The maximum atomic E-state index is 10.3. The minimum Gasteiger partial charge on any atom is -0.365 e. The summed E-state index contributed by atoms with van der Waals surface area (Å²) < 4.78 is 0.807. The highest BCUT2D eigenvalue weighted by Crippen LogP contribution is 2.27. The van der Waals surface area contributed by atoms with Gasteiger partial charge in [-0.3, -0.25) is 4.79 Å². The molecule has 1 aromatic carbocycles. The Morgan fingerprint density at radius 1 is 1.64 bits per heavy atom. The van der Waals surface area contributed by atoms with Gasteiger partial charge in [-0.2, -0.15) is 0 Å². The monoisotopic (exact) mass is 256 g/mol. The Balaban J connectivity index is 2.77. The summed E-state index contributed by atoms with van der Waals surface area (Å²) in [5, 5.41) is 3.41. The first-order chi connectivity index (χ1) is 6.61. The van der Waals surface area contributed by atoms with E-state index < -0.39 is 5.91 Å². The molecule has 0 fully saturated rings. The minimum atomic E-state index is -0.645. The van der Waals surface area contributed by atoms with E-state index in [1.54, 1.807) is 6.07 Å². The molecule has 0 aliphatic rings. The van der Waals surface area contributed by atoms with Gasteiger partial charge in [0.25, 0.3) is 5.91 Å². The molecule has 2 N–H and O–H groups in total. The predicted octanol–water partition coefficient (Wildman–Crippen LogP) is 1.61. The van der Waals surface area contributed by atoms with Gasteiger partial charge in [-0.1, -0.05) is 17.3 Å². The van der Waals surface area contributed by atoms with Gasteiger partial charge in [0.2, 0.25) is 0 Å². The Labute approximate surface area is 89.9 Å². The van der Waals surface area contributed by atoms with E-state index in [0.717, 1.165) is 16.3 Å². The molecule has 0 aromatic heterocycles. The van der Waals surface area contributed by atoms with Crippen molar-refractivity contribution >= 4 is 28.1 Å². The third-order valence-electron chi connectivity index (χ3n) is 1.49. The highest BCUT2D eigenvalue weighted by Gasteiger charge is 2.02. The van der Waals surface area contributed by atoms with Crippen molar-refractivity contribution in [1.29, 1.82) is 0 Å². The molecule has 0 saturated carbocycles. The van der Waals surface area contributed by atoms with Crippen LogP contribution < -0.4 is 10.6 Å². The van der Waals surface area contributed by atoms with E-state index >= 15 is 0 Å². The number of halogens is 1. The summed E-state index contributed by atoms with van der Waals surface area (Å²) in [7, 11) is 0. The number of nitrogens with zero attached hydrogens (tertiary/aromatic N) is 1. The summed E-state index contributed by atoms with van der Waals surface area (Å²) in [4.78, 5) is 15.3. The summed E-state index contributed by atoms with van der Waals surface area (Å²) in [6, 6.07) is 5.49. The third-order valence-corrected chi connectivity index (χ3v) is 2.50. The van der Waals surface area contributed by atoms with Gasteiger partial charge in [0.1, 0.15) is 6.21 Å². The molecule has 0 unspecified atom stereocenters. The second-order valence-electron chi connectivity index (χ2n) is 2.62. The number of benzene rings is 1. The van der Waals surface area contributed by atoms with Crippen LogP contribution in [0.2, 0.25) is 0 Å². The third kappa shape index (κ3) is 2.85. The molecule has 74 valence electrons. The zero-order valence-electron chi connectivity index (χ0n) is 7.53. The molecule has 1 aromatic rings. The lowest BCUT2D eigenvalue weighted by molar-refractivity contribution is -0.111. The molecular weight excluding hydrogens is 248 g/mol. The van der Waals surface area contributed by atoms with E-state index in [9.17, 15) is 4.79 Å². The van der Waals surface area contributed by atoms with Crippen LogP contribution in [0.1, 0.15) is 5.56 Å². The van der Waals surface area contributed by atoms with E-state index in [2.05, 4.69) is 21.1 Å². The van der Waals surface area contributed by atoms with Gasteiger partial charge in [-0.15, -0.1) is 0 Å². The smallest absolute Gasteiger partial charge is 0.263 e. The number of primary amides is 1. The fourth-order valence-electron chi connectivity index (χ4n) is 0.826. The van der Waals surface area contributed by atoms with Crippen LogP contribution in [0.5, 0.6) is 5.75 Å². The molecule has 1 amide bonds. The van der Waals surface area contributed by atoms with E-state index in [0.29, 0.717) is 5.75 Å². The highest BCUT2D eigenvalue weighted by molar-refractivity contribution is 9.10. The molecule has 0 bridgehead atoms. The normalized spacial score (nSPS) is 10.4. The van der Waals surface area contributed by atoms with Crippen LogP contribution in [0.3, 0.4) is 0 Å². The minimum absolute atomic E-state index is 0.544. The fraction of sp³-hybridized carbons (Fsp3) is 0.111. The number of oxime groups is 1. The molecule has 0 aliphatic carbocycles. The Hall–Kier alpha value is -1.36. The van der Waals surface area contributed by atoms with Crippen LogP contribution >= 0.6 is 15.9 Å². The second-order valence-corrected chi connectivity index (χ2v) is 3.41. The Morgan fingerprint density at radius 2 is 2.36 bits per heavy atom. The van der Waals surface area contributed by atoms with Crippen molar-refractivity contribution in [3.63, 3.8) is 0 Å². The van der Waals surface area contributed by atoms with E-state index in [-0.39, 0.29) is 0 Å². The molecule has 0 saturated heterocycles. The molecule has 0 spiro atoms. The van der Waals surface area contributed by atoms with Gasteiger partial charge in [0, 0.05) is 0 Å². The van der Waals surface area contributed by atoms with Crippen LogP contribution in [-0.2, 0) is 4.79 Å². The van der Waals surface area contributed by atoms with Crippen molar-refractivity contribution < 1.29 is 9.63 Å². The molecule has 0 atom stereocenters. The van der Waals surface area contributed by atoms with Gasteiger partial charge in [0.15, 0.2) is 5.75 Å². The number of rotatable bonds is 3. The molecular formula is C9H9BrN2O2. The van der Waals surface area contributed by atoms with Gasteiger partial charge in [0.05, 0.1) is 4.47 Å². The molecule has 0 heterocycles. The average Bonchev–Trinajstić information content (AvgIpc) is 2.12. The van der Waals surface area contributed by atoms with Gasteiger partial charge in [-0.25, -0.2) is 0 Å². The van der Waals surface area contributed by atoms with E-state index in [4.69, 9.17) is 10.6 Å². The lowest BCUT2D eigenvalue weighted by atomic mass is 10.2. The van der Waals surface area contributed by atoms with Crippen molar-refractivity contribution in [3.8, 4) is 5.75 Å². The van der Waals surface area contributed by atoms with E-state index in [1.807, 2.05) is 19.1 Å². The first kappa shape index (κ1) is 10.7. The Morgan fingerprint density at radius 3 is 3.00 bits per heavy atom. The standard InChI is InChI=1S/C9H9BrN2O2/c1-6-3-2-4-7(9(6)10)14-12-5-8(11)13/h2-5H,1H3,(H2,11,13)/b12-5+. The quantitative estimate of drug-likeness (QED) is 0.660. The number of carbonyl (C=O) groups excluding carboxylic acids is 1. The maximum Gasteiger partial charge on any atom is 0.263 e. The highest BCUT2D eigenvalue weighted by atomic mass is 79.9. The number of nitrogens with two attached hydrogens (primary N) is 1. The van der Waals surface area contributed by atoms with Gasteiger partial charge in [-0.05, 0) is 34.5 Å². The zero-order chi connectivity index (χ0) is 10.6. The van der Waals surface area contributed by atoms with Crippen molar-refractivity contribution in [2.45, 2.75) is 6.92 Å². The maximum absolute atomic E-state index is 10.3. The largest absolute Gasteiger partial charge is 0.365 e. The van der Waals surface area contributed by atoms with Crippen LogP contribution in [-0.4, -0.2) is 12.1 Å². The summed E-state index contributed by atoms with van der Waals surface area (Å²) >= 11 is 3.33. The first-order valence-corrected chi connectivity index (χ1v) is 4.65. The summed E-state index contributed by atoms with van der Waals surface area (Å²) in [5.41, 5.74) is 5.87. The molecule has 0 radical (unpaired) electrons. The number of hydrogen-bond acceptors (Lipinski definition) is 3. The van der Waals surface area contributed by atoms with Gasteiger partial charge >= 0.3 is 0 Å². The van der Waals surface area contributed by atoms with Crippen LogP contribution in [0.15, 0.2) is 27.8 Å². The van der Waals surface area contributed by atoms with Crippen molar-refractivity contribution in [1.82, 2.24) is 0 Å². The number of aryl methyl sites for hydroxylation is 1. The molecule has 4 nitrogen and oxygen atoms in total.